The molecule has 1 aliphatic heterocycles. The van der Waals surface area contributed by atoms with E-state index in [4.69, 9.17) is 18.9 Å². The number of carbonyl (C=O) groups is 1. The molecule has 156 valence electrons. The highest BCUT2D eigenvalue weighted by Gasteiger charge is 2.24. The number of hydrogen-bond acceptors (Lipinski definition) is 6. The number of nitrogens with zero attached hydrogens (tertiary/aromatic N) is 1. The van der Waals surface area contributed by atoms with Crippen molar-refractivity contribution in [3.8, 4) is 17.2 Å². The maximum Gasteiger partial charge on any atom is 0.363 e. The Labute approximate surface area is 180 Å². The first-order valence-electron chi connectivity index (χ1n) is 9.68. The van der Waals surface area contributed by atoms with E-state index in [2.05, 4.69) is 4.99 Å². The van der Waals surface area contributed by atoms with E-state index in [1.807, 2.05) is 48.5 Å². The predicted octanol–water partition coefficient (Wildman–Crippen LogP) is 4.63. The van der Waals surface area contributed by atoms with Crippen LogP contribution in [0.1, 0.15) is 16.7 Å². The molecule has 0 bridgehead atoms. The number of cyclic esters (lactones) is 1. The molecule has 0 aromatic heterocycles. The summed E-state index contributed by atoms with van der Waals surface area (Å²) in [6.07, 6.45) is 1.65. The summed E-state index contributed by atoms with van der Waals surface area (Å²) in [4.78, 5) is 16.6. The minimum atomic E-state index is -0.513. The lowest BCUT2D eigenvalue weighted by Gasteiger charge is -2.11. The van der Waals surface area contributed by atoms with E-state index < -0.39 is 5.97 Å². The molecule has 1 heterocycles. The molecule has 4 rings (SSSR count). The van der Waals surface area contributed by atoms with Crippen LogP contribution in [-0.4, -0.2) is 26.1 Å². The molecule has 6 nitrogen and oxygen atoms in total. The monoisotopic (exact) mass is 415 g/mol. The molecule has 3 aromatic carbocycles. The van der Waals surface area contributed by atoms with E-state index in [0.29, 0.717) is 29.4 Å². The first kappa shape index (κ1) is 20.2. The highest BCUT2D eigenvalue weighted by atomic mass is 16.6. The van der Waals surface area contributed by atoms with Gasteiger partial charge in [0.25, 0.3) is 0 Å². The summed E-state index contributed by atoms with van der Waals surface area (Å²) in [5, 5.41) is 0. The lowest BCUT2D eigenvalue weighted by atomic mass is 10.1. The molecule has 0 N–H and O–H groups in total. The van der Waals surface area contributed by atoms with Crippen LogP contribution in [0.15, 0.2) is 83.5 Å². The van der Waals surface area contributed by atoms with Gasteiger partial charge in [-0.25, -0.2) is 9.79 Å². The molecule has 0 unspecified atom stereocenters. The Balaban J connectivity index is 1.54. The van der Waals surface area contributed by atoms with Gasteiger partial charge in [-0.05, 0) is 47.5 Å². The van der Waals surface area contributed by atoms with Crippen molar-refractivity contribution in [2.75, 3.05) is 14.2 Å². The van der Waals surface area contributed by atoms with Crippen LogP contribution < -0.4 is 14.2 Å². The summed E-state index contributed by atoms with van der Waals surface area (Å²) in [6, 6.07) is 22.5. The maximum absolute atomic E-state index is 12.3. The molecule has 3 aromatic rings. The smallest absolute Gasteiger partial charge is 0.363 e. The Hall–Kier alpha value is -4.06. The van der Waals surface area contributed by atoms with Crippen molar-refractivity contribution in [3.63, 3.8) is 0 Å². The summed E-state index contributed by atoms with van der Waals surface area (Å²) in [5.74, 6) is 1.56. The van der Waals surface area contributed by atoms with E-state index in [9.17, 15) is 4.79 Å². The average Bonchev–Trinajstić information content (AvgIpc) is 3.19. The van der Waals surface area contributed by atoms with Gasteiger partial charge in [-0.1, -0.05) is 42.5 Å². The van der Waals surface area contributed by atoms with E-state index >= 15 is 0 Å². The Kier molecular flexibility index (Phi) is 5.98. The molecule has 31 heavy (non-hydrogen) atoms. The first-order valence-corrected chi connectivity index (χ1v) is 9.68. The van der Waals surface area contributed by atoms with Gasteiger partial charge in [0.05, 0.1) is 14.2 Å². The van der Waals surface area contributed by atoms with E-state index in [1.165, 1.54) is 0 Å². The molecule has 0 fully saturated rings. The summed E-state index contributed by atoms with van der Waals surface area (Å²) in [6.45, 7) is 0.429. The fourth-order valence-electron chi connectivity index (χ4n) is 3.08. The van der Waals surface area contributed by atoms with Crippen molar-refractivity contribution in [1.82, 2.24) is 0 Å². The standard InChI is InChI=1S/C25H21NO5/c1-28-20-10-6-9-19(15-20)24-26-21(25(27)31-24)13-18-11-12-22(23(14-18)29-2)30-16-17-7-4-3-5-8-17/h3-15H,16H2,1-2H3/b21-13-. The molecular formula is C25H21NO5. The highest BCUT2D eigenvalue weighted by molar-refractivity contribution is 6.13. The van der Waals surface area contributed by atoms with Crippen LogP contribution >= 0.6 is 0 Å². The maximum atomic E-state index is 12.3. The van der Waals surface area contributed by atoms with Crippen molar-refractivity contribution >= 4 is 17.9 Å². The zero-order valence-electron chi connectivity index (χ0n) is 17.2. The van der Waals surface area contributed by atoms with E-state index in [0.717, 1.165) is 11.1 Å². The number of methoxy groups -OCH3 is 2. The van der Waals surface area contributed by atoms with Crippen LogP contribution in [0.2, 0.25) is 0 Å². The molecule has 0 amide bonds. The number of aliphatic imine (C=N–C) groups is 1. The second-order valence-corrected chi connectivity index (χ2v) is 6.75. The van der Waals surface area contributed by atoms with E-state index in [-0.39, 0.29) is 11.6 Å². The zero-order chi connectivity index (χ0) is 21.6. The molecule has 0 spiro atoms. The number of hydrogen-bond donors (Lipinski definition) is 0. The summed E-state index contributed by atoms with van der Waals surface area (Å²) in [5.41, 5.74) is 2.67. The fraction of sp³-hybridized carbons (Fsp3) is 0.120. The molecule has 1 aliphatic rings. The predicted molar refractivity (Wildman–Crippen MR) is 117 cm³/mol. The van der Waals surface area contributed by atoms with Crippen LogP contribution in [-0.2, 0) is 16.1 Å². The third-order valence-electron chi connectivity index (χ3n) is 4.67. The van der Waals surface area contributed by atoms with Gasteiger partial charge in [0.1, 0.15) is 12.4 Å². The highest BCUT2D eigenvalue weighted by Crippen LogP contribution is 2.30. The SMILES string of the molecule is COc1cccc(C2=N/C(=C\c3ccc(OCc4ccccc4)c(OC)c3)C(=O)O2)c1. The number of benzene rings is 3. The quantitative estimate of drug-likeness (QED) is 0.416. The molecule has 0 radical (unpaired) electrons. The zero-order valence-corrected chi connectivity index (χ0v) is 17.2. The summed E-state index contributed by atoms with van der Waals surface area (Å²) < 4.78 is 21.9. The van der Waals surface area contributed by atoms with Gasteiger partial charge >= 0.3 is 5.97 Å². The van der Waals surface area contributed by atoms with Gasteiger partial charge in [-0.3, -0.25) is 0 Å². The van der Waals surface area contributed by atoms with Crippen LogP contribution in [0.25, 0.3) is 6.08 Å². The van der Waals surface area contributed by atoms with E-state index in [1.54, 1.807) is 44.6 Å². The van der Waals surface area contributed by atoms with Crippen LogP contribution in [0, 0.1) is 0 Å². The number of rotatable bonds is 7. The second-order valence-electron chi connectivity index (χ2n) is 6.75. The second kappa shape index (κ2) is 9.17. The largest absolute Gasteiger partial charge is 0.497 e. The molecule has 0 saturated carbocycles. The van der Waals surface area contributed by atoms with Gasteiger partial charge in [0.15, 0.2) is 17.2 Å². The third-order valence-corrected chi connectivity index (χ3v) is 4.67. The van der Waals surface area contributed by atoms with Crippen LogP contribution in [0.5, 0.6) is 17.2 Å². The normalized spacial score (nSPS) is 14.2. The first-order chi connectivity index (χ1) is 15.2. The molecular weight excluding hydrogens is 394 g/mol. The minimum absolute atomic E-state index is 0.206. The van der Waals surface area contributed by atoms with Crippen molar-refractivity contribution in [2.24, 2.45) is 4.99 Å². The van der Waals surface area contributed by atoms with Crippen molar-refractivity contribution in [3.05, 3.63) is 95.2 Å². The molecule has 0 saturated heterocycles. The molecule has 6 heteroatoms. The summed E-state index contributed by atoms with van der Waals surface area (Å²) in [7, 11) is 3.15. The number of ether oxygens (including phenoxy) is 4. The minimum Gasteiger partial charge on any atom is -0.497 e. The van der Waals surface area contributed by atoms with Crippen LogP contribution in [0.4, 0.5) is 0 Å². The average molecular weight is 415 g/mol. The Morgan fingerprint density at radius 3 is 2.52 bits per heavy atom. The molecule has 0 aliphatic carbocycles. The van der Waals surface area contributed by atoms with Gasteiger partial charge in [-0.15, -0.1) is 0 Å². The van der Waals surface area contributed by atoms with Gasteiger partial charge < -0.3 is 18.9 Å². The fourth-order valence-corrected chi connectivity index (χ4v) is 3.08. The topological polar surface area (TPSA) is 66.3 Å². The Bertz CT molecular complexity index is 1150. The Morgan fingerprint density at radius 2 is 1.74 bits per heavy atom. The Morgan fingerprint density at radius 1 is 0.903 bits per heavy atom. The van der Waals surface area contributed by atoms with Gasteiger partial charge in [0.2, 0.25) is 5.90 Å². The number of esters is 1. The van der Waals surface area contributed by atoms with Crippen molar-refractivity contribution in [2.45, 2.75) is 6.61 Å². The van der Waals surface area contributed by atoms with Crippen LogP contribution in [0.3, 0.4) is 0 Å². The molecule has 0 atom stereocenters. The third kappa shape index (κ3) is 4.75. The summed E-state index contributed by atoms with van der Waals surface area (Å²) >= 11 is 0. The van der Waals surface area contributed by atoms with Gasteiger partial charge in [-0.2, -0.15) is 0 Å². The van der Waals surface area contributed by atoms with Gasteiger partial charge in [0, 0.05) is 5.56 Å². The lowest BCUT2D eigenvalue weighted by molar-refractivity contribution is -0.129. The number of carbonyl (C=O) groups excluding carboxylic acids is 1. The lowest BCUT2D eigenvalue weighted by Crippen LogP contribution is -2.05. The van der Waals surface area contributed by atoms with Crippen molar-refractivity contribution < 1.29 is 23.7 Å². The van der Waals surface area contributed by atoms with Crippen molar-refractivity contribution in [1.29, 1.82) is 0 Å².